The zero-order valence-electron chi connectivity index (χ0n) is 13.5. The average molecular weight is 473 g/mol. The summed E-state index contributed by atoms with van der Waals surface area (Å²) in [6.45, 7) is 3.48. The number of halogens is 3. The summed E-state index contributed by atoms with van der Waals surface area (Å²) >= 11 is 11.9. The van der Waals surface area contributed by atoms with Crippen LogP contribution in [0.2, 0.25) is 10.0 Å². The molecule has 0 aromatic heterocycles. The number of hydrogen-bond acceptors (Lipinski definition) is 2. The first kappa shape index (κ1) is 22.3. The smallest absolute Gasteiger partial charge is 0.243 e. The van der Waals surface area contributed by atoms with Crippen LogP contribution in [0.15, 0.2) is 23.2 Å². The lowest BCUT2D eigenvalue weighted by Crippen LogP contribution is -2.39. The van der Waals surface area contributed by atoms with E-state index in [-0.39, 0.29) is 36.4 Å². The van der Waals surface area contributed by atoms with E-state index in [9.17, 15) is 4.79 Å². The molecule has 1 aromatic rings. The number of nitrogens with one attached hydrogen (secondary N) is 2. The first-order valence-corrected chi connectivity index (χ1v) is 7.85. The number of carbonyl (C=O) groups is 1. The van der Waals surface area contributed by atoms with Gasteiger partial charge in [-0.15, -0.1) is 24.0 Å². The third kappa shape index (κ3) is 9.22. The van der Waals surface area contributed by atoms with Crippen molar-refractivity contribution >= 4 is 59.0 Å². The number of guanidine groups is 1. The van der Waals surface area contributed by atoms with Crippen molar-refractivity contribution in [1.29, 1.82) is 0 Å². The number of amides is 1. The SMILES string of the molecule is CCNC(=NCC(=O)N(C)C)NCCc1cc(Cl)cc(Cl)c1.I. The largest absolute Gasteiger partial charge is 0.357 e. The Morgan fingerprint density at radius 1 is 1.17 bits per heavy atom. The van der Waals surface area contributed by atoms with Crippen molar-refractivity contribution < 1.29 is 4.79 Å². The molecule has 8 heteroatoms. The van der Waals surface area contributed by atoms with Crippen LogP contribution in [0, 0.1) is 0 Å². The van der Waals surface area contributed by atoms with Gasteiger partial charge in [-0.25, -0.2) is 4.99 Å². The van der Waals surface area contributed by atoms with E-state index in [0.717, 1.165) is 18.5 Å². The van der Waals surface area contributed by atoms with E-state index < -0.39 is 0 Å². The quantitative estimate of drug-likeness (QED) is 0.380. The molecule has 0 unspecified atom stereocenters. The summed E-state index contributed by atoms with van der Waals surface area (Å²) in [7, 11) is 3.42. The maximum absolute atomic E-state index is 11.6. The second-order valence-electron chi connectivity index (χ2n) is 4.94. The number of aliphatic imine (C=N–C) groups is 1. The summed E-state index contributed by atoms with van der Waals surface area (Å²) in [6.07, 6.45) is 0.756. The minimum Gasteiger partial charge on any atom is -0.357 e. The highest BCUT2D eigenvalue weighted by Crippen LogP contribution is 2.19. The Kier molecular flexibility index (Phi) is 11.4. The summed E-state index contributed by atoms with van der Waals surface area (Å²) in [5.74, 6) is 0.574. The molecular weight excluding hydrogens is 450 g/mol. The third-order valence-corrected chi connectivity index (χ3v) is 3.28. The van der Waals surface area contributed by atoms with Crippen LogP contribution in [0.5, 0.6) is 0 Å². The van der Waals surface area contributed by atoms with Crippen molar-refractivity contribution in [3.05, 3.63) is 33.8 Å². The lowest BCUT2D eigenvalue weighted by atomic mass is 10.1. The molecule has 0 aliphatic rings. The molecule has 0 bridgehead atoms. The van der Waals surface area contributed by atoms with Crippen LogP contribution in [-0.2, 0) is 11.2 Å². The van der Waals surface area contributed by atoms with E-state index in [0.29, 0.717) is 22.5 Å². The van der Waals surface area contributed by atoms with Gasteiger partial charge >= 0.3 is 0 Å². The molecule has 23 heavy (non-hydrogen) atoms. The fourth-order valence-electron chi connectivity index (χ4n) is 1.71. The Morgan fingerprint density at radius 2 is 1.78 bits per heavy atom. The van der Waals surface area contributed by atoms with Crippen molar-refractivity contribution in [3.8, 4) is 0 Å². The van der Waals surface area contributed by atoms with Gasteiger partial charge < -0.3 is 15.5 Å². The Hall–Kier alpha value is -0.730. The molecule has 1 aromatic carbocycles. The van der Waals surface area contributed by atoms with Crippen LogP contribution in [0.1, 0.15) is 12.5 Å². The van der Waals surface area contributed by atoms with Crippen molar-refractivity contribution in [3.63, 3.8) is 0 Å². The van der Waals surface area contributed by atoms with Gasteiger partial charge in [0.25, 0.3) is 0 Å². The second kappa shape index (κ2) is 11.8. The molecule has 0 radical (unpaired) electrons. The van der Waals surface area contributed by atoms with E-state index in [1.54, 1.807) is 20.2 Å². The van der Waals surface area contributed by atoms with Crippen LogP contribution >= 0.6 is 47.2 Å². The molecule has 0 fully saturated rings. The molecule has 0 aliphatic heterocycles. The molecule has 1 amide bonds. The molecule has 5 nitrogen and oxygen atoms in total. The summed E-state index contributed by atoms with van der Waals surface area (Å²) in [5.41, 5.74) is 1.05. The molecule has 0 heterocycles. The van der Waals surface area contributed by atoms with Gasteiger partial charge in [-0.2, -0.15) is 0 Å². The van der Waals surface area contributed by atoms with Crippen LogP contribution in [-0.4, -0.2) is 50.5 Å². The lowest BCUT2D eigenvalue weighted by Gasteiger charge is -2.13. The van der Waals surface area contributed by atoms with Crippen LogP contribution < -0.4 is 10.6 Å². The van der Waals surface area contributed by atoms with Gasteiger partial charge in [-0.05, 0) is 37.1 Å². The van der Waals surface area contributed by atoms with E-state index in [2.05, 4.69) is 15.6 Å². The number of carbonyl (C=O) groups excluding carboxylic acids is 1. The molecule has 0 saturated heterocycles. The number of likely N-dealkylation sites (N-methyl/N-ethyl adjacent to an activating group) is 1. The molecule has 1 rings (SSSR count). The molecule has 0 saturated carbocycles. The Bertz CT molecular complexity index is 518. The third-order valence-electron chi connectivity index (χ3n) is 2.84. The highest BCUT2D eigenvalue weighted by Gasteiger charge is 2.04. The molecule has 2 N–H and O–H groups in total. The second-order valence-corrected chi connectivity index (χ2v) is 5.81. The van der Waals surface area contributed by atoms with E-state index >= 15 is 0 Å². The van der Waals surface area contributed by atoms with Crippen LogP contribution in [0.25, 0.3) is 0 Å². The van der Waals surface area contributed by atoms with Crippen molar-refractivity contribution in [2.45, 2.75) is 13.3 Å². The summed E-state index contributed by atoms with van der Waals surface area (Å²) < 4.78 is 0. The zero-order valence-corrected chi connectivity index (χ0v) is 17.4. The molecule has 0 spiro atoms. The fraction of sp³-hybridized carbons (Fsp3) is 0.467. The predicted octanol–water partition coefficient (Wildman–Crippen LogP) is 2.80. The highest BCUT2D eigenvalue weighted by molar-refractivity contribution is 14.0. The number of nitrogens with zero attached hydrogens (tertiary/aromatic N) is 2. The van der Waals surface area contributed by atoms with Crippen molar-refractivity contribution in [1.82, 2.24) is 15.5 Å². The van der Waals surface area contributed by atoms with Gasteiger partial charge in [0.1, 0.15) is 6.54 Å². The molecular formula is C15H23Cl2IN4O. The summed E-state index contributed by atoms with van der Waals surface area (Å²) in [4.78, 5) is 17.3. The number of benzene rings is 1. The molecule has 130 valence electrons. The molecule has 0 atom stereocenters. The fourth-order valence-corrected chi connectivity index (χ4v) is 2.28. The maximum atomic E-state index is 11.6. The van der Waals surface area contributed by atoms with Crippen LogP contribution in [0.3, 0.4) is 0 Å². The van der Waals surface area contributed by atoms with Gasteiger partial charge in [0.2, 0.25) is 5.91 Å². The summed E-state index contributed by atoms with van der Waals surface area (Å²) in [6, 6.07) is 5.47. The van der Waals surface area contributed by atoms with Gasteiger partial charge in [0.15, 0.2) is 5.96 Å². The first-order valence-electron chi connectivity index (χ1n) is 7.09. The normalized spacial score (nSPS) is 10.7. The summed E-state index contributed by atoms with van der Waals surface area (Å²) in [5, 5.41) is 7.54. The van der Waals surface area contributed by atoms with Crippen molar-refractivity contribution in [2.75, 3.05) is 33.7 Å². The average Bonchev–Trinajstić information content (AvgIpc) is 2.43. The van der Waals surface area contributed by atoms with E-state index in [1.165, 1.54) is 4.90 Å². The minimum absolute atomic E-state index is 0. The first-order chi connectivity index (χ1) is 10.4. The predicted molar refractivity (Wildman–Crippen MR) is 108 cm³/mol. The van der Waals surface area contributed by atoms with Gasteiger partial charge in [-0.1, -0.05) is 23.2 Å². The van der Waals surface area contributed by atoms with E-state index in [4.69, 9.17) is 23.2 Å². The topological polar surface area (TPSA) is 56.7 Å². The standard InChI is InChI=1S/C15H22Cl2N4O.HI/c1-4-18-15(20-10-14(22)21(2)3)19-6-5-11-7-12(16)9-13(17)8-11;/h7-9H,4-6,10H2,1-3H3,(H2,18,19,20);1H. The Balaban J connectivity index is 0.00000484. The van der Waals surface area contributed by atoms with Gasteiger partial charge in [-0.3, -0.25) is 4.79 Å². The minimum atomic E-state index is -0.0428. The van der Waals surface area contributed by atoms with Crippen molar-refractivity contribution in [2.24, 2.45) is 4.99 Å². The number of rotatable bonds is 6. The Morgan fingerprint density at radius 3 is 2.30 bits per heavy atom. The number of hydrogen-bond donors (Lipinski definition) is 2. The zero-order chi connectivity index (χ0) is 16.5. The highest BCUT2D eigenvalue weighted by atomic mass is 127. The van der Waals surface area contributed by atoms with Gasteiger partial charge in [0.05, 0.1) is 0 Å². The van der Waals surface area contributed by atoms with E-state index in [1.807, 2.05) is 19.1 Å². The Labute approximate surface area is 164 Å². The lowest BCUT2D eigenvalue weighted by molar-refractivity contribution is -0.127. The van der Waals surface area contributed by atoms with Crippen LogP contribution in [0.4, 0.5) is 0 Å². The maximum Gasteiger partial charge on any atom is 0.243 e. The monoisotopic (exact) mass is 472 g/mol. The van der Waals surface area contributed by atoms with Gasteiger partial charge in [0, 0.05) is 37.2 Å². The molecule has 0 aliphatic carbocycles.